The molecule has 0 amide bonds. The number of benzene rings is 2. The van der Waals surface area contributed by atoms with Gasteiger partial charge < -0.3 is 0 Å². The summed E-state index contributed by atoms with van der Waals surface area (Å²) in [4.78, 5) is 5.51. The van der Waals surface area contributed by atoms with Gasteiger partial charge in [0.15, 0.2) is 4.34 Å². The number of allylic oxidation sites excluding steroid dienone is 1. The van der Waals surface area contributed by atoms with E-state index in [4.69, 9.17) is 5.26 Å². The van der Waals surface area contributed by atoms with E-state index in [-0.39, 0.29) is 0 Å². The minimum Gasteiger partial charge on any atom is -0.229 e. The molecule has 0 saturated heterocycles. The summed E-state index contributed by atoms with van der Waals surface area (Å²) in [6.45, 7) is 0. The standard InChI is InChI=1S/C16H10N2S2/c17-11-10-14(12-6-2-1-3-7-12)19-16-18-13-8-4-5-9-15(13)20-16/h1-10H/b14-10-. The van der Waals surface area contributed by atoms with Gasteiger partial charge in [0, 0.05) is 11.0 Å². The maximum absolute atomic E-state index is 8.96. The van der Waals surface area contributed by atoms with Gasteiger partial charge in [-0.15, -0.1) is 11.3 Å². The first-order valence-electron chi connectivity index (χ1n) is 6.05. The van der Waals surface area contributed by atoms with E-state index in [1.165, 1.54) is 16.5 Å². The van der Waals surface area contributed by atoms with Crippen LogP contribution in [-0.4, -0.2) is 4.98 Å². The van der Waals surface area contributed by atoms with Crippen molar-refractivity contribution in [3.8, 4) is 6.07 Å². The molecule has 96 valence electrons. The van der Waals surface area contributed by atoms with Crippen molar-refractivity contribution in [3.63, 3.8) is 0 Å². The van der Waals surface area contributed by atoms with Crippen molar-refractivity contribution in [1.82, 2.24) is 4.98 Å². The summed E-state index contributed by atoms with van der Waals surface area (Å²) in [5.41, 5.74) is 2.04. The molecule has 0 aliphatic rings. The van der Waals surface area contributed by atoms with E-state index in [9.17, 15) is 0 Å². The maximum Gasteiger partial charge on any atom is 0.155 e. The molecule has 0 N–H and O–H groups in total. The predicted octanol–water partition coefficient (Wildman–Crippen LogP) is 4.95. The van der Waals surface area contributed by atoms with Crippen LogP contribution in [0.15, 0.2) is 65.0 Å². The third kappa shape index (κ3) is 2.74. The smallest absolute Gasteiger partial charge is 0.155 e. The lowest BCUT2D eigenvalue weighted by molar-refractivity contribution is 1.31. The van der Waals surface area contributed by atoms with Crippen molar-refractivity contribution in [2.45, 2.75) is 4.34 Å². The average molecular weight is 294 g/mol. The summed E-state index contributed by atoms with van der Waals surface area (Å²) >= 11 is 3.19. The maximum atomic E-state index is 8.96. The number of para-hydroxylation sites is 1. The minimum atomic E-state index is 0.923. The number of hydrogen-bond donors (Lipinski definition) is 0. The van der Waals surface area contributed by atoms with Gasteiger partial charge in [0.25, 0.3) is 0 Å². The van der Waals surface area contributed by atoms with Gasteiger partial charge in [0.1, 0.15) is 0 Å². The van der Waals surface area contributed by atoms with Gasteiger partial charge in [-0.2, -0.15) is 5.26 Å². The van der Waals surface area contributed by atoms with Crippen molar-refractivity contribution in [1.29, 1.82) is 5.26 Å². The van der Waals surface area contributed by atoms with E-state index in [0.717, 1.165) is 20.3 Å². The van der Waals surface area contributed by atoms with Crippen LogP contribution >= 0.6 is 23.1 Å². The van der Waals surface area contributed by atoms with E-state index < -0.39 is 0 Å². The Morgan fingerprint density at radius 2 is 1.85 bits per heavy atom. The zero-order valence-corrected chi connectivity index (χ0v) is 12.1. The number of fused-ring (bicyclic) bond motifs is 1. The zero-order chi connectivity index (χ0) is 13.8. The van der Waals surface area contributed by atoms with E-state index in [0.29, 0.717) is 0 Å². The number of nitrogens with zero attached hydrogens (tertiary/aromatic N) is 2. The molecule has 3 aromatic rings. The number of thioether (sulfide) groups is 1. The van der Waals surface area contributed by atoms with Gasteiger partial charge in [0.05, 0.1) is 16.3 Å². The third-order valence-electron chi connectivity index (χ3n) is 2.73. The van der Waals surface area contributed by atoms with Gasteiger partial charge in [-0.3, -0.25) is 0 Å². The molecule has 0 atom stereocenters. The number of hydrogen-bond acceptors (Lipinski definition) is 4. The Morgan fingerprint density at radius 3 is 2.60 bits per heavy atom. The summed E-state index contributed by atoms with van der Waals surface area (Å²) in [7, 11) is 0. The van der Waals surface area contributed by atoms with Crippen molar-refractivity contribution < 1.29 is 0 Å². The molecule has 0 aliphatic carbocycles. The van der Waals surface area contributed by atoms with Crippen LogP contribution in [0.5, 0.6) is 0 Å². The van der Waals surface area contributed by atoms with Crippen molar-refractivity contribution in [3.05, 3.63) is 66.2 Å². The highest BCUT2D eigenvalue weighted by Gasteiger charge is 2.08. The second kappa shape index (κ2) is 5.91. The highest BCUT2D eigenvalue weighted by Crippen LogP contribution is 2.38. The van der Waals surface area contributed by atoms with Crippen LogP contribution in [0.1, 0.15) is 5.56 Å². The molecular weight excluding hydrogens is 284 g/mol. The molecule has 2 aromatic carbocycles. The lowest BCUT2D eigenvalue weighted by atomic mass is 10.2. The molecular formula is C16H10N2S2. The normalized spacial score (nSPS) is 11.4. The van der Waals surface area contributed by atoms with Gasteiger partial charge >= 0.3 is 0 Å². The van der Waals surface area contributed by atoms with Gasteiger partial charge in [-0.25, -0.2) is 4.98 Å². The summed E-state index contributed by atoms with van der Waals surface area (Å²) in [5.74, 6) is 0. The highest BCUT2D eigenvalue weighted by molar-refractivity contribution is 8.09. The number of thiazole rings is 1. The van der Waals surface area contributed by atoms with E-state index >= 15 is 0 Å². The van der Waals surface area contributed by atoms with E-state index in [1.54, 1.807) is 17.4 Å². The largest absolute Gasteiger partial charge is 0.229 e. The predicted molar refractivity (Wildman–Crippen MR) is 85.5 cm³/mol. The molecule has 0 spiro atoms. The first-order valence-corrected chi connectivity index (χ1v) is 7.69. The SMILES string of the molecule is N#C/C=C(\Sc1nc2ccccc2s1)c1ccccc1. The van der Waals surface area contributed by atoms with Crippen LogP contribution in [0.4, 0.5) is 0 Å². The molecule has 4 heteroatoms. The fourth-order valence-corrected chi connectivity index (χ4v) is 3.92. The van der Waals surface area contributed by atoms with E-state index in [2.05, 4.69) is 17.1 Å². The number of nitriles is 1. The van der Waals surface area contributed by atoms with Crippen LogP contribution in [-0.2, 0) is 0 Å². The van der Waals surface area contributed by atoms with E-state index in [1.807, 2.05) is 48.5 Å². The quantitative estimate of drug-likeness (QED) is 0.506. The number of rotatable bonds is 3. The zero-order valence-electron chi connectivity index (χ0n) is 10.5. The van der Waals surface area contributed by atoms with Crippen molar-refractivity contribution in [2.75, 3.05) is 0 Å². The molecule has 0 aliphatic heterocycles. The first kappa shape index (κ1) is 12.9. The second-order valence-corrected chi connectivity index (χ2v) is 6.37. The summed E-state index contributed by atoms with van der Waals surface area (Å²) in [6, 6.07) is 20.1. The molecule has 0 fully saturated rings. The third-order valence-corrected chi connectivity index (χ3v) is 4.90. The molecule has 0 radical (unpaired) electrons. The van der Waals surface area contributed by atoms with Crippen molar-refractivity contribution in [2.24, 2.45) is 0 Å². The Balaban J connectivity index is 1.95. The van der Waals surface area contributed by atoms with Crippen molar-refractivity contribution >= 4 is 38.2 Å². The fraction of sp³-hybridized carbons (Fsp3) is 0. The molecule has 2 nitrogen and oxygen atoms in total. The molecule has 1 heterocycles. The summed E-state index contributed by atoms with van der Waals surface area (Å²) in [6.07, 6.45) is 1.58. The van der Waals surface area contributed by atoms with Crippen LogP contribution in [0.3, 0.4) is 0 Å². The summed E-state index contributed by atoms with van der Waals surface area (Å²) < 4.78 is 2.12. The topological polar surface area (TPSA) is 36.7 Å². The minimum absolute atomic E-state index is 0.923. The Bertz CT molecular complexity index is 765. The van der Waals surface area contributed by atoms with Crippen LogP contribution in [0, 0.1) is 11.3 Å². The molecule has 20 heavy (non-hydrogen) atoms. The second-order valence-electron chi connectivity index (χ2n) is 4.05. The monoisotopic (exact) mass is 294 g/mol. The molecule has 0 unspecified atom stereocenters. The van der Waals surface area contributed by atoms with Gasteiger partial charge in [-0.05, 0) is 17.7 Å². The lowest BCUT2D eigenvalue weighted by Crippen LogP contribution is -1.79. The summed E-state index contributed by atoms with van der Waals surface area (Å²) in [5, 5.41) is 8.96. The van der Waals surface area contributed by atoms with Gasteiger partial charge in [-0.1, -0.05) is 54.2 Å². The Labute approximate surface area is 125 Å². The molecule has 3 rings (SSSR count). The molecule has 0 saturated carbocycles. The van der Waals surface area contributed by atoms with Crippen LogP contribution in [0.2, 0.25) is 0 Å². The Hall–Kier alpha value is -2.09. The molecule has 0 bridgehead atoms. The van der Waals surface area contributed by atoms with Crippen LogP contribution < -0.4 is 0 Å². The Morgan fingerprint density at radius 1 is 1.10 bits per heavy atom. The number of aromatic nitrogens is 1. The average Bonchev–Trinajstić information content (AvgIpc) is 2.90. The lowest BCUT2D eigenvalue weighted by Gasteiger charge is -2.02. The highest BCUT2D eigenvalue weighted by atomic mass is 32.2. The fourth-order valence-electron chi connectivity index (χ4n) is 1.82. The van der Waals surface area contributed by atoms with Crippen LogP contribution in [0.25, 0.3) is 15.1 Å². The molecule has 1 aromatic heterocycles. The Kier molecular flexibility index (Phi) is 3.82. The van der Waals surface area contributed by atoms with Gasteiger partial charge in [0.2, 0.25) is 0 Å². The first-order chi connectivity index (χ1) is 9.86.